The van der Waals surface area contributed by atoms with Gasteiger partial charge < -0.3 is 14.9 Å². The number of nitrogens with zero attached hydrogens (tertiary/aromatic N) is 3. The first-order chi connectivity index (χ1) is 8.81. The van der Waals surface area contributed by atoms with Crippen molar-refractivity contribution < 1.29 is 14.4 Å². The molecule has 1 amide bonds. The third kappa shape index (κ3) is 2.89. The lowest BCUT2D eigenvalue weighted by molar-refractivity contribution is 0.0907. The lowest BCUT2D eigenvalue weighted by atomic mass is 10.3. The summed E-state index contributed by atoms with van der Waals surface area (Å²) in [5.74, 6) is -0.242. The van der Waals surface area contributed by atoms with E-state index in [4.69, 9.17) is 9.63 Å². The van der Waals surface area contributed by atoms with Crippen molar-refractivity contribution >= 4 is 5.91 Å². The summed E-state index contributed by atoms with van der Waals surface area (Å²) in [6.07, 6.45) is 3.69. The number of hydrogen-bond acceptors (Lipinski definition) is 6. The molecule has 7 nitrogen and oxygen atoms in total. The van der Waals surface area contributed by atoms with Crippen LogP contribution in [0.2, 0.25) is 0 Å². The number of aromatic nitrogens is 3. The molecule has 18 heavy (non-hydrogen) atoms. The minimum absolute atomic E-state index is 0.0189. The second-order valence-electron chi connectivity index (χ2n) is 3.50. The Balaban J connectivity index is 2.04. The average Bonchev–Trinajstić information content (AvgIpc) is 2.89. The number of amides is 1. The highest BCUT2D eigenvalue weighted by atomic mass is 16.5. The van der Waals surface area contributed by atoms with Crippen molar-refractivity contribution in [1.82, 2.24) is 20.4 Å². The Morgan fingerprint density at radius 3 is 3.11 bits per heavy atom. The van der Waals surface area contributed by atoms with Crippen LogP contribution in [0.5, 0.6) is 0 Å². The number of nitrogens with one attached hydrogen (secondary N) is 1. The molecule has 0 aliphatic carbocycles. The molecule has 2 aromatic heterocycles. The second kappa shape index (κ2) is 5.87. The van der Waals surface area contributed by atoms with Gasteiger partial charge in [0.1, 0.15) is 0 Å². The number of hydrogen-bond donors (Lipinski definition) is 2. The van der Waals surface area contributed by atoms with Crippen LogP contribution in [0.25, 0.3) is 11.4 Å². The first-order valence-corrected chi connectivity index (χ1v) is 5.44. The van der Waals surface area contributed by atoms with Gasteiger partial charge in [-0.2, -0.15) is 4.98 Å². The maximum absolute atomic E-state index is 11.6. The standard InChI is InChI=1S/C11H12N4O3/c16-6-2-5-13-10(17)11-14-9(15-18-11)8-3-1-4-12-7-8/h1,3-4,7,16H,2,5-6H2,(H,13,17). The number of carbonyl (C=O) groups is 1. The van der Waals surface area contributed by atoms with Crippen LogP contribution in [-0.4, -0.2) is 39.3 Å². The van der Waals surface area contributed by atoms with Gasteiger partial charge in [-0.05, 0) is 18.6 Å². The predicted octanol–water partition coefficient (Wildman–Crippen LogP) is 0.244. The van der Waals surface area contributed by atoms with Crippen LogP contribution in [0.15, 0.2) is 29.0 Å². The summed E-state index contributed by atoms with van der Waals surface area (Å²) in [5, 5.41) is 14.8. The molecule has 0 aromatic carbocycles. The van der Waals surface area contributed by atoms with Gasteiger partial charge in [0, 0.05) is 31.1 Å². The van der Waals surface area contributed by atoms with Crippen molar-refractivity contribution in [2.45, 2.75) is 6.42 Å². The van der Waals surface area contributed by atoms with Crippen LogP contribution in [0.4, 0.5) is 0 Å². The normalized spacial score (nSPS) is 10.3. The minimum atomic E-state index is -0.453. The number of aliphatic hydroxyl groups is 1. The first kappa shape index (κ1) is 12.2. The summed E-state index contributed by atoms with van der Waals surface area (Å²) < 4.78 is 4.85. The molecule has 2 N–H and O–H groups in total. The van der Waals surface area contributed by atoms with Gasteiger partial charge in [0.15, 0.2) is 0 Å². The Morgan fingerprint density at radius 1 is 1.50 bits per heavy atom. The van der Waals surface area contributed by atoms with Crippen molar-refractivity contribution in [3.63, 3.8) is 0 Å². The van der Waals surface area contributed by atoms with Crippen LogP contribution in [0.1, 0.15) is 17.1 Å². The third-order valence-electron chi connectivity index (χ3n) is 2.16. The van der Waals surface area contributed by atoms with E-state index in [1.165, 1.54) is 0 Å². The number of aliphatic hydroxyl groups excluding tert-OH is 1. The van der Waals surface area contributed by atoms with Gasteiger partial charge in [0.2, 0.25) is 5.82 Å². The van der Waals surface area contributed by atoms with Gasteiger partial charge in [0.25, 0.3) is 0 Å². The van der Waals surface area contributed by atoms with Crippen molar-refractivity contribution in [1.29, 1.82) is 0 Å². The maximum Gasteiger partial charge on any atom is 0.316 e. The maximum atomic E-state index is 11.6. The monoisotopic (exact) mass is 248 g/mol. The predicted molar refractivity (Wildman–Crippen MR) is 61.6 cm³/mol. The SMILES string of the molecule is O=C(NCCCO)c1nc(-c2cccnc2)no1. The van der Waals surface area contributed by atoms with Gasteiger partial charge in [-0.15, -0.1) is 0 Å². The zero-order valence-corrected chi connectivity index (χ0v) is 9.54. The van der Waals surface area contributed by atoms with E-state index in [2.05, 4.69) is 20.4 Å². The molecule has 0 bridgehead atoms. The van der Waals surface area contributed by atoms with Crippen LogP contribution >= 0.6 is 0 Å². The summed E-state index contributed by atoms with van der Waals surface area (Å²) in [4.78, 5) is 19.5. The van der Waals surface area contributed by atoms with Gasteiger partial charge >= 0.3 is 11.8 Å². The van der Waals surface area contributed by atoms with E-state index in [1.54, 1.807) is 24.5 Å². The molecule has 94 valence electrons. The highest BCUT2D eigenvalue weighted by Gasteiger charge is 2.15. The highest BCUT2D eigenvalue weighted by Crippen LogP contribution is 2.13. The molecule has 0 fully saturated rings. The number of carbonyl (C=O) groups excluding carboxylic acids is 1. The first-order valence-electron chi connectivity index (χ1n) is 5.44. The van der Waals surface area contributed by atoms with Gasteiger partial charge in [-0.25, -0.2) is 0 Å². The fourth-order valence-electron chi connectivity index (χ4n) is 1.28. The molecule has 0 aliphatic rings. The van der Waals surface area contributed by atoms with Gasteiger partial charge in [-0.3, -0.25) is 9.78 Å². The Labute approximate surface area is 103 Å². The molecule has 0 unspecified atom stereocenters. The molecule has 0 radical (unpaired) electrons. The molecular weight excluding hydrogens is 236 g/mol. The summed E-state index contributed by atoms with van der Waals surface area (Å²) in [7, 11) is 0. The molecule has 0 spiro atoms. The van der Waals surface area contributed by atoms with E-state index in [1.807, 2.05) is 0 Å². The molecule has 0 aliphatic heterocycles. The largest absolute Gasteiger partial charge is 0.396 e. The molecule has 2 rings (SSSR count). The smallest absolute Gasteiger partial charge is 0.316 e. The number of rotatable bonds is 5. The summed E-state index contributed by atoms with van der Waals surface area (Å²) in [6.45, 7) is 0.380. The van der Waals surface area contributed by atoms with Crippen LogP contribution in [0, 0.1) is 0 Å². The Hall–Kier alpha value is -2.28. The van der Waals surface area contributed by atoms with Crippen molar-refractivity contribution in [2.24, 2.45) is 0 Å². The van der Waals surface area contributed by atoms with Crippen LogP contribution in [-0.2, 0) is 0 Å². The Bertz CT molecular complexity index is 512. The molecule has 7 heteroatoms. The third-order valence-corrected chi connectivity index (χ3v) is 2.16. The average molecular weight is 248 g/mol. The number of pyridine rings is 1. The van der Waals surface area contributed by atoms with Gasteiger partial charge in [-0.1, -0.05) is 5.16 Å². The quantitative estimate of drug-likeness (QED) is 0.735. The molecule has 0 saturated carbocycles. The van der Waals surface area contributed by atoms with Crippen molar-refractivity contribution in [3.05, 3.63) is 30.4 Å². The molecule has 0 saturated heterocycles. The van der Waals surface area contributed by atoms with Crippen molar-refractivity contribution in [2.75, 3.05) is 13.2 Å². The van der Waals surface area contributed by atoms with Crippen LogP contribution < -0.4 is 5.32 Å². The van der Waals surface area contributed by atoms with Gasteiger partial charge in [0.05, 0.1) is 0 Å². The van der Waals surface area contributed by atoms with E-state index in [0.717, 1.165) is 0 Å². The van der Waals surface area contributed by atoms with E-state index in [0.29, 0.717) is 24.4 Å². The van der Waals surface area contributed by atoms with E-state index < -0.39 is 5.91 Å². The van der Waals surface area contributed by atoms with E-state index in [9.17, 15) is 4.79 Å². The minimum Gasteiger partial charge on any atom is -0.396 e. The lowest BCUT2D eigenvalue weighted by Crippen LogP contribution is -2.25. The summed E-state index contributed by atoms with van der Waals surface area (Å²) in [5.41, 5.74) is 0.677. The highest BCUT2D eigenvalue weighted by molar-refractivity contribution is 5.89. The molecule has 0 atom stereocenters. The fourth-order valence-corrected chi connectivity index (χ4v) is 1.28. The summed E-state index contributed by atoms with van der Waals surface area (Å²) in [6, 6.07) is 3.51. The topological polar surface area (TPSA) is 101 Å². The molecular formula is C11H12N4O3. The zero-order chi connectivity index (χ0) is 12.8. The van der Waals surface area contributed by atoms with E-state index in [-0.39, 0.29) is 12.5 Å². The summed E-state index contributed by atoms with van der Waals surface area (Å²) >= 11 is 0. The van der Waals surface area contributed by atoms with Crippen LogP contribution in [0.3, 0.4) is 0 Å². The lowest BCUT2D eigenvalue weighted by Gasteiger charge is -1.98. The Kier molecular flexibility index (Phi) is 3.98. The zero-order valence-electron chi connectivity index (χ0n) is 9.54. The molecule has 2 heterocycles. The Morgan fingerprint density at radius 2 is 2.39 bits per heavy atom. The fraction of sp³-hybridized carbons (Fsp3) is 0.273. The van der Waals surface area contributed by atoms with Crippen molar-refractivity contribution in [3.8, 4) is 11.4 Å². The molecule has 2 aromatic rings. The second-order valence-corrected chi connectivity index (χ2v) is 3.50. The van der Waals surface area contributed by atoms with E-state index >= 15 is 0 Å².